The monoisotopic (exact) mass is 426 g/mol. The number of carbonyl (C=O) groups is 2. The van der Waals surface area contributed by atoms with Crippen molar-refractivity contribution < 1.29 is 19.1 Å². The summed E-state index contributed by atoms with van der Waals surface area (Å²) in [5.41, 5.74) is 0.958. The van der Waals surface area contributed by atoms with E-state index in [0.29, 0.717) is 31.7 Å². The van der Waals surface area contributed by atoms with Crippen molar-refractivity contribution in [2.24, 2.45) is 0 Å². The van der Waals surface area contributed by atoms with Gasteiger partial charge in [0, 0.05) is 36.7 Å². The number of piperazine rings is 1. The molecule has 1 fully saturated rings. The number of hydrogen-bond donors (Lipinski definition) is 0. The summed E-state index contributed by atoms with van der Waals surface area (Å²) in [5, 5.41) is 0. The van der Waals surface area contributed by atoms with Gasteiger partial charge in [0.25, 0.3) is 0 Å². The normalized spacial score (nSPS) is 18.5. The van der Waals surface area contributed by atoms with Crippen LogP contribution in [0.15, 0.2) is 22.7 Å². The first kappa shape index (κ1) is 20.7. The van der Waals surface area contributed by atoms with E-state index in [2.05, 4.69) is 20.8 Å². The van der Waals surface area contributed by atoms with Crippen LogP contribution in [-0.2, 0) is 16.0 Å². The zero-order valence-corrected chi connectivity index (χ0v) is 17.6. The molecule has 0 aliphatic carbocycles. The predicted octanol–water partition coefficient (Wildman–Crippen LogP) is 3.68. The van der Waals surface area contributed by atoms with Crippen LogP contribution in [0.4, 0.5) is 4.79 Å². The highest BCUT2D eigenvalue weighted by atomic mass is 79.9. The van der Waals surface area contributed by atoms with E-state index in [-0.39, 0.29) is 18.1 Å². The smallest absolute Gasteiger partial charge is 0.410 e. The van der Waals surface area contributed by atoms with Gasteiger partial charge >= 0.3 is 12.1 Å². The Balaban J connectivity index is 2.07. The quantitative estimate of drug-likeness (QED) is 0.689. The fraction of sp³-hybridized carbons (Fsp3) is 0.579. The minimum Gasteiger partial charge on any atom is -0.465 e. The number of amides is 1. The Labute approximate surface area is 163 Å². The van der Waals surface area contributed by atoms with Crippen molar-refractivity contribution >= 4 is 28.0 Å². The number of methoxy groups -OCH3 is 1. The fourth-order valence-electron chi connectivity index (χ4n) is 3.01. The van der Waals surface area contributed by atoms with Crippen molar-refractivity contribution in [1.82, 2.24) is 9.80 Å². The molecule has 144 valence electrons. The second-order valence-corrected chi connectivity index (χ2v) is 8.37. The van der Waals surface area contributed by atoms with Gasteiger partial charge in [0.05, 0.1) is 12.7 Å². The van der Waals surface area contributed by atoms with Gasteiger partial charge in [-0.2, -0.15) is 0 Å². The van der Waals surface area contributed by atoms with Gasteiger partial charge in [-0.25, -0.2) is 9.59 Å². The van der Waals surface area contributed by atoms with Crippen LogP contribution in [0.25, 0.3) is 0 Å². The van der Waals surface area contributed by atoms with Gasteiger partial charge in [-0.05, 0) is 45.4 Å². The van der Waals surface area contributed by atoms with Gasteiger partial charge in [0.15, 0.2) is 0 Å². The highest BCUT2D eigenvalue weighted by molar-refractivity contribution is 9.10. The van der Waals surface area contributed by atoms with Crippen LogP contribution in [0.1, 0.15) is 43.6 Å². The summed E-state index contributed by atoms with van der Waals surface area (Å²) in [5.74, 6) is -0.346. The first-order chi connectivity index (χ1) is 12.1. The zero-order chi connectivity index (χ0) is 19.5. The van der Waals surface area contributed by atoms with Gasteiger partial charge in [0.2, 0.25) is 0 Å². The first-order valence-electron chi connectivity index (χ1n) is 8.70. The van der Waals surface area contributed by atoms with E-state index >= 15 is 0 Å². The molecule has 2 rings (SSSR count). The Hall–Kier alpha value is -1.60. The number of benzene rings is 1. The highest BCUT2D eigenvalue weighted by Gasteiger charge is 2.31. The molecule has 1 aromatic rings. The lowest BCUT2D eigenvalue weighted by Crippen LogP contribution is -2.54. The van der Waals surface area contributed by atoms with Crippen LogP contribution in [-0.4, -0.2) is 60.2 Å². The van der Waals surface area contributed by atoms with Gasteiger partial charge in [-0.3, -0.25) is 4.90 Å². The largest absolute Gasteiger partial charge is 0.465 e. The van der Waals surface area contributed by atoms with Crippen LogP contribution in [0.3, 0.4) is 0 Å². The van der Waals surface area contributed by atoms with Crippen molar-refractivity contribution in [2.75, 3.05) is 26.7 Å². The highest BCUT2D eigenvalue weighted by Crippen LogP contribution is 2.25. The van der Waals surface area contributed by atoms with Gasteiger partial charge in [-0.15, -0.1) is 0 Å². The van der Waals surface area contributed by atoms with E-state index in [4.69, 9.17) is 9.47 Å². The summed E-state index contributed by atoms with van der Waals surface area (Å²) in [6.45, 7) is 10.2. The van der Waals surface area contributed by atoms with Crippen LogP contribution in [0.5, 0.6) is 0 Å². The summed E-state index contributed by atoms with van der Waals surface area (Å²) in [4.78, 5) is 28.4. The summed E-state index contributed by atoms with van der Waals surface area (Å²) in [6.07, 6.45) is -0.277. The van der Waals surface area contributed by atoms with Crippen molar-refractivity contribution in [1.29, 1.82) is 0 Å². The molecule has 0 spiro atoms. The number of hydrogen-bond acceptors (Lipinski definition) is 5. The lowest BCUT2D eigenvalue weighted by Gasteiger charge is -2.40. The molecule has 26 heavy (non-hydrogen) atoms. The van der Waals surface area contributed by atoms with Gasteiger partial charge < -0.3 is 14.4 Å². The predicted molar refractivity (Wildman–Crippen MR) is 103 cm³/mol. The Morgan fingerprint density at radius 1 is 1.27 bits per heavy atom. The molecule has 1 aliphatic rings. The first-order valence-corrected chi connectivity index (χ1v) is 9.49. The van der Waals surface area contributed by atoms with E-state index < -0.39 is 5.60 Å². The molecule has 0 bridgehead atoms. The Morgan fingerprint density at radius 2 is 1.96 bits per heavy atom. The molecule has 1 saturated heterocycles. The molecule has 0 unspecified atom stereocenters. The lowest BCUT2D eigenvalue weighted by atomic mass is 10.1. The third-order valence-corrected chi connectivity index (χ3v) is 4.99. The summed E-state index contributed by atoms with van der Waals surface area (Å²) >= 11 is 3.54. The van der Waals surface area contributed by atoms with E-state index in [1.54, 1.807) is 11.0 Å². The maximum Gasteiger partial charge on any atom is 0.410 e. The fourth-order valence-corrected chi connectivity index (χ4v) is 3.50. The van der Waals surface area contributed by atoms with Crippen molar-refractivity contribution in [2.45, 2.75) is 45.9 Å². The number of esters is 1. The van der Waals surface area contributed by atoms with Gasteiger partial charge in [-0.1, -0.05) is 22.0 Å². The molecule has 0 radical (unpaired) electrons. The van der Waals surface area contributed by atoms with Crippen LogP contribution >= 0.6 is 15.9 Å². The molecule has 1 atom stereocenters. The second kappa shape index (κ2) is 8.39. The Kier molecular flexibility index (Phi) is 6.69. The second-order valence-electron chi connectivity index (χ2n) is 7.52. The van der Waals surface area contributed by atoms with Crippen molar-refractivity contribution in [3.8, 4) is 0 Å². The minimum atomic E-state index is -0.502. The number of nitrogens with zero attached hydrogens (tertiary/aromatic N) is 2. The number of ether oxygens (including phenoxy) is 2. The molecule has 1 aromatic carbocycles. The molecular weight excluding hydrogens is 400 g/mol. The SMILES string of the molecule is COC(=O)c1cccc(Br)c1CN1CCN(C(=O)OC(C)(C)C)[C@H](C)C1. The van der Waals surface area contributed by atoms with Crippen LogP contribution in [0, 0.1) is 0 Å². The van der Waals surface area contributed by atoms with Gasteiger partial charge in [0.1, 0.15) is 5.60 Å². The Morgan fingerprint density at radius 3 is 2.54 bits per heavy atom. The number of halogens is 1. The Bertz CT molecular complexity index is 672. The minimum absolute atomic E-state index is 0.0302. The topological polar surface area (TPSA) is 59.1 Å². The van der Waals surface area contributed by atoms with E-state index in [1.807, 2.05) is 39.8 Å². The van der Waals surface area contributed by atoms with Crippen molar-refractivity contribution in [3.63, 3.8) is 0 Å². The van der Waals surface area contributed by atoms with Crippen LogP contribution in [0.2, 0.25) is 0 Å². The summed E-state index contributed by atoms with van der Waals surface area (Å²) in [7, 11) is 1.38. The molecule has 6 nitrogen and oxygen atoms in total. The average molecular weight is 427 g/mol. The molecule has 0 aromatic heterocycles. The maximum atomic E-state index is 12.3. The molecule has 1 heterocycles. The van der Waals surface area contributed by atoms with Crippen LogP contribution < -0.4 is 0 Å². The third-order valence-electron chi connectivity index (χ3n) is 4.25. The standard InChI is InChI=1S/C19H27BrN2O4/c1-13-11-21(9-10-22(13)18(24)26-19(2,3)4)12-15-14(17(23)25-5)7-6-8-16(15)20/h6-8,13H,9-12H2,1-5H3/t13-/m1/s1. The van der Waals surface area contributed by atoms with E-state index in [1.165, 1.54) is 7.11 Å². The molecule has 0 N–H and O–H groups in total. The molecule has 1 amide bonds. The summed E-state index contributed by atoms with van der Waals surface area (Å²) in [6, 6.07) is 5.54. The molecule has 0 saturated carbocycles. The summed E-state index contributed by atoms with van der Waals surface area (Å²) < 4.78 is 11.3. The van der Waals surface area contributed by atoms with E-state index in [9.17, 15) is 9.59 Å². The number of carbonyl (C=O) groups excluding carboxylic acids is 2. The molecular formula is C19H27BrN2O4. The zero-order valence-electron chi connectivity index (χ0n) is 16.0. The molecule has 7 heteroatoms. The average Bonchev–Trinajstić information content (AvgIpc) is 2.54. The lowest BCUT2D eigenvalue weighted by molar-refractivity contribution is 0.000525. The maximum absolute atomic E-state index is 12.3. The molecule has 1 aliphatic heterocycles. The van der Waals surface area contributed by atoms with E-state index in [0.717, 1.165) is 10.0 Å². The van der Waals surface area contributed by atoms with Crippen molar-refractivity contribution in [3.05, 3.63) is 33.8 Å². The third kappa shape index (κ3) is 5.20. The number of rotatable bonds is 3.